The Labute approximate surface area is 413 Å². The second-order valence-electron chi connectivity index (χ2n) is 16.2. The quantitative estimate of drug-likeness (QED) is 0.0119. The molecule has 0 aromatic rings. The lowest BCUT2D eigenvalue weighted by Gasteiger charge is -2.25. The van der Waals surface area contributed by atoms with Crippen LogP contribution in [0, 0.1) is 5.92 Å². The first kappa shape index (κ1) is 63.6. The van der Waals surface area contributed by atoms with Gasteiger partial charge < -0.3 is 92.9 Å². The highest BCUT2D eigenvalue weighted by Crippen LogP contribution is 2.08. The van der Waals surface area contributed by atoms with Gasteiger partial charge in [-0.3, -0.25) is 67.7 Å². The highest BCUT2D eigenvalue weighted by Gasteiger charge is 2.33. The number of aliphatic imine (C=N–C) groups is 3. The number of carbonyl (C=O) groups is 12. The Bertz CT molecular complexity index is 2000. The van der Waals surface area contributed by atoms with Crippen LogP contribution in [0.3, 0.4) is 0 Å². The van der Waals surface area contributed by atoms with Crippen LogP contribution >= 0.6 is 0 Å². The molecular weight excluding hydrogens is 957 g/mol. The van der Waals surface area contributed by atoms with Gasteiger partial charge in [-0.05, 0) is 50.9 Å². The van der Waals surface area contributed by atoms with Crippen LogP contribution in [0.1, 0.15) is 84.5 Å². The van der Waals surface area contributed by atoms with Gasteiger partial charge in [0.2, 0.25) is 53.3 Å². The number of nitrogens with zero attached hydrogens (tertiary/aromatic N) is 3. The Morgan fingerprint density at radius 1 is 0.444 bits per heavy atom. The largest absolute Gasteiger partial charge is 0.481 e. The molecule has 0 aromatic heterocycles. The molecule has 0 saturated carbocycles. The van der Waals surface area contributed by atoms with Gasteiger partial charge in [-0.15, -0.1) is 0 Å². The minimum atomic E-state index is -2.24. The van der Waals surface area contributed by atoms with Crippen molar-refractivity contribution in [2.24, 2.45) is 61.0 Å². The molecular formula is C40H70N18O14. The molecule has 0 fully saturated rings. The number of ketones is 1. The Kier molecular flexibility index (Phi) is 30.8. The van der Waals surface area contributed by atoms with Crippen molar-refractivity contribution in [2.75, 3.05) is 39.3 Å². The molecule has 0 saturated heterocycles. The standard InChI is InChI=1S/C40H70N18O14/c1-20(2)16-21(59)9-11-26(60)58-31(37(71)72)36(70)57-25(10-12-30(64)65)33(67)53-18-28(62)51-17-27(61)52-19-29(63)54-23(7-4-14-49-39(44)45)34(68)56-24(8-5-15-50-40(46)47)35(69)55-22(32(41)66)6-3-13-48-38(42)43/h20,22-25,31H,3-19H2,1-2H3,(H2,41,66)(H,51,62)(H,52,61)(H,53,67)(H,54,63)(H,55,69)(H,56,68)(H,57,70)(H,58,60)(H,64,65)(H,71,72)(H4,42,43,48)(H4,44,45,49)(H4,46,47,50). The van der Waals surface area contributed by atoms with Crippen LogP contribution in [-0.4, -0.2) is 168 Å². The van der Waals surface area contributed by atoms with E-state index in [1.807, 2.05) is 10.6 Å². The summed E-state index contributed by atoms with van der Waals surface area (Å²) in [6, 6.07) is -7.84. The van der Waals surface area contributed by atoms with Crippen molar-refractivity contribution in [3.8, 4) is 0 Å². The van der Waals surface area contributed by atoms with E-state index in [1.165, 1.54) is 0 Å². The molecule has 404 valence electrons. The van der Waals surface area contributed by atoms with Crippen molar-refractivity contribution in [1.29, 1.82) is 0 Å². The molecule has 0 aliphatic rings. The highest BCUT2D eigenvalue weighted by atomic mass is 16.4. The first-order valence-electron chi connectivity index (χ1n) is 22.4. The van der Waals surface area contributed by atoms with Gasteiger partial charge in [0.05, 0.1) is 19.6 Å². The van der Waals surface area contributed by atoms with Crippen LogP contribution in [0.4, 0.5) is 0 Å². The number of amides is 9. The average Bonchev–Trinajstić information content (AvgIpc) is 3.28. The van der Waals surface area contributed by atoms with Crippen LogP contribution in [0.5, 0.6) is 0 Å². The number of carboxylic acids is 2. The molecule has 0 aliphatic carbocycles. The molecule has 72 heavy (non-hydrogen) atoms. The van der Waals surface area contributed by atoms with Crippen molar-refractivity contribution in [3.05, 3.63) is 0 Å². The molecule has 0 heterocycles. The SMILES string of the molecule is CC(C)CC(=O)CCC(=O)NC(C(=O)O)C(=O)NC(CCC(=O)O)C(=O)NCC(=O)NCC(=O)NCC(=O)NC(CCCN=C(N)N)C(=O)NC(CCCN=C(N)N)C(=O)NC(CCCN=C(N)N)C(N)=O. The molecule has 0 spiro atoms. The first-order chi connectivity index (χ1) is 33.7. The number of guanidine groups is 3. The predicted molar refractivity (Wildman–Crippen MR) is 256 cm³/mol. The zero-order chi connectivity index (χ0) is 54.9. The Hall–Kier alpha value is -8.35. The number of rotatable bonds is 37. The van der Waals surface area contributed by atoms with Crippen LogP contribution in [-0.2, 0) is 57.5 Å². The van der Waals surface area contributed by atoms with E-state index < -0.39 is 134 Å². The maximum absolute atomic E-state index is 13.7. The fourth-order valence-electron chi connectivity index (χ4n) is 5.97. The summed E-state index contributed by atoms with van der Waals surface area (Å²) in [5.74, 6) is -13.1. The maximum Gasteiger partial charge on any atom is 0.336 e. The summed E-state index contributed by atoms with van der Waals surface area (Å²) in [5, 5.41) is 36.6. The van der Waals surface area contributed by atoms with E-state index in [1.54, 1.807) is 13.8 Å². The molecule has 24 N–H and O–H groups in total. The van der Waals surface area contributed by atoms with Gasteiger partial charge in [0.15, 0.2) is 17.9 Å². The summed E-state index contributed by atoms with van der Waals surface area (Å²) in [5.41, 5.74) is 37.7. The van der Waals surface area contributed by atoms with Crippen LogP contribution in [0.15, 0.2) is 15.0 Å². The van der Waals surface area contributed by atoms with E-state index in [9.17, 15) is 62.6 Å². The minimum absolute atomic E-state index is 0.00974. The van der Waals surface area contributed by atoms with Gasteiger partial charge in [-0.25, -0.2) is 4.79 Å². The Morgan fingerprint density at radius 3 is 1.31 bits per heavy atom. The topological polar surface area (TPSA) is 561 Å². The molecule has 9 amide bonds. The summed E-state index contributed by atoms with van der Waals surface area (Å²) in [6.07, 6.45) is -1.36. The molecule has 32 nitrogen and oxygen atoms in total. The summed E-state index contributed by atoms with van der Waals surface area (Å²) < 4.78 is 0. The van der Waals surface area contributed by atoms with E-state index in [2.05, 4.69) is 46.9 Å². The number of nitrogens with two attached hydrogens (primary N) is 7. The lowest BCUT2D eigenvalue weighted by Crippen LogP contribution is -2.57. The highest BCUT2D eigenvalue weighted by molar-refractivity contribution is 6.05. The van der Waals surface area contributed by atoms with Gasteiger partial charge in [0, 0.05) is 45.3 Å². The van der Waals surface area contributed by atoms with E-state index >= 15 is 0 Å². The maximum atomic E-state index is 13.7. The molecule has 5 atom stereocenters. The Balaban J connectivity index is 5.70. The second kappa shape index (κ2) is 34.9. The van der Waals surface area contributed by atoms with Crippen LogP contribution in [0.25, 0.3) is 0 Å². The van der Waals surface area contributed by atoms with Crippen molar-refractivity contribution in [1.82, 2.24) is 42.5 Å². The van der Waals surface area contributed by atoms with Gasteiger partial charge in [0.1, 0.15) is 30.0 Å². The summed E-state index contributed by atoms with van der Waals surface area (Å²) in [4.78, 5) is 162. The predicted octanol–water partition coefficient (Wildman–Crippen LogP) is -8.25. The summed E-state index contributed by atoms with van der Waals surface area (Å²) >= 11 is 0. The minimum Gasteiger partial charge on any atom is -0.481 e. The third-order valence-corrected chi connectivity index (χ3v) is 9.46. The third-order valence-electron chi connectivity index (χ3n) is 9.46. The molecule has 0 aromatic carbocycles. The fraction of sp³-hybridized carbons (Fsp3) is 0.625. The summed E-state index contributed by atoms with van der Waals surface area (Å²) in [7, 11) is 0. The summed E-state index contributed by atoms with van der Waals surface area (Å²) in [6.45, 7) is 1.41. The second-order valence-corrected chi connectivity index (χ2v) is 16.2. The van der Waals surface area contributed by atoms with Gasteiger partial charge in [-0.2, -0.15) is 0 Å². The van der Waals surface area contributed by atoms with E-state index in [0.717, 1.165) is 0 Å². The number of aliphatic carboxylic acids is 2. The van der Waals surface area contributed by atoms with Crippen molar-refractivity contribution in [2.45, 2.75) is 115 Å². The van der Waals surface area contributed by atoms with Crippen LogP contribution < -0.4 is 82.7 Å². The zero-order valence-electron chi connectivity index (χ0n) is 40.2. The molecule has 0 bridgehead atoms. The number of hydrogen-bond donors (Lipinski definition) is 17. The van der Waals surface area contributed by atoms with Crippen molar-refractivity contribution in [3.63, 3.8) is 0 Å². The molecule has 0 aliphatic heterocycles. The molecule has 0 rings (SSSR count). The number of carbonyl (C=O) groups excluding carboxylic acids is 10. The first-order valence-corrected chi connectivity index (χ1v) is 22.4. The monoisotopic (exact) mass is 1030 g/mol. The lowest BCUT2D eigenvalue weighted by molar-refractivity contribution is -0.147. The van der Waals surface area contributed by atoms with Crippen molar-refractivity contribution < 1.29 is 67.7 Å². The average molecular weight is 1030 g/mol. The normalized spacial score (nSPS) is 12.6. The Morgan fingerprint density at radius 2 is 0.861 bits per heavy atom. The molecule has 32 heteroatoms. The van der Waals surface area contributed by atoms with Crippen molar-refractivity contribution >= 4 is 88.8 Å². The van der Waals surface area contributed by atoms with E-state index in [-0.39, 0.29) is 101 Å². The smallest absolute Gasteiger partial charge is 0.336 e. The van der Waals surface area contributed by atoms with Gasteiger partial charge >= 0.3 is 11.9 Å². The van der Waals surface area contributed by atoms with Gasteiger partial charge in [0.25, 0.3) is 5.91 Å². The third kappa shape index (κ3) is 30.9. The number of carboxylic acid groups (broad SMARTS) is 2. The van der Waals surface area contributed by atoms with Crippen LogP contribution in [0.2, 0.25) is 0 Å². The van der Waals surface area contributed by atoms with E-state index in [4.69, 9.17) is 45.2 Å². The fourth-order valence-corrected chi connectivity index (χ4v) is 5.97. The lowest BCUT2D eigenvalue weighted by atomic mass is 10.0. The van der Waals surface area contributed by atoms with Gasteiger partial charge in [-0.1, -0.05) is 13.8 Å². The molecule has 5 unspecified atom stereocenters. The number of hydrogen-bond acceptors (Lipinski definition) is 15. The number of nitrogens with one attached hydrogen (secondary N) is 8. The molecule has 0 radical (unpaired) electrons. The number of Topliss-reactive ketones (excluding diaryl/α,β-unsaturated/α-hetero) is 1. The zero-order valence-corrected chi connectivity index (χ0v) is 40.2. The van der Waals surface area contributed by atoms with E-state index in [0.29, 0.717) is 0 Å². The number of primary amides is 1.